The summed E-state index contributed by atoms with van der Waals surface area (Å²) >= 11 is 0. The first-order valence-corrected chi connectivity index (χ1v) is 17.0. The fourth-order valence-corrected chi connectivity index (χ4v) is 7.97. The summed E-state index contributed by atoms with van der Waals surface area (Å²) in [5, 5.41) is 2.32. The van der Waals surface area contributed by atoms with Crippen molar-refractivity contribution < 1.29 is 0 Å². The number of rotatable bonds is 5. The molecule has 0 radical (unpaired) electrons. The van der Waals surface area contributed by atoms with Crippen LogP contribution in [0.25, 0.3) is 61.4 Å². The zero-order chi connectivity index (χ0) is 33.1. The van der Waals surface area contributed by atoms with Gasteiger partial charge in [-0.1, -0.05) is 164 Å². The van der Waals surface area contributed by atoms with Crippen LogP contribution < -0.4 is 0 Å². The van der Waals surface area contributed by atoms with Gasteiger partial charge < -0.3 is 0 Å². The third-order valence-corrected chi connectivity index (χ3v) is 10.1. The molecule has 4 nitrogen and oxygen atoms in total. The second kappa shape index (κ2) is 11.2. The summed E-state index contributed by atoms with van der Waals surface area (Å²) in [5.41, 5.74) is 10.3. The summed E-state index contributed by atoms with van der Waals surface area (Å²) < 4.78 is 2.20. The van der Waals surface area contributed by atoms with E-state index in [9.17, 15) is 0 Å². The zero-order valence-corrected chi connectivity index (χ0v) is 27.1. The zero-order valence-electron chi connectivity index (χ0n) is 27.1. The molecule has 1 aliphatic carbocycles. The van der Waals surface area contributed by atoms with Crippen LogP contribution in [0, 0.1) is 0 Å². The van der Waals surface area contributed by atoms with Crippen LogP contribution >= 0.6 is 0 Å². The Balaban J connectivity index is 1.34. The Morgan fingerprint density at radius 1 is 0.400 bits per heavy atom. The molecule has 0 unspecified atom stereocenters. The van der Waals surface area contributed by atoms with Crippen molar-refractivity contribution in [3.63, 3.8) is 0 Å². The van der Waals surface area contributed by atoms with Crippen molar-refractivity contribution in [2.45, 2.75) is 5.41 Å². The van der Waals surface area contributed by atoms with E-state index in [1.165, 1.54) is 11.1 Å². The molecule has 0 amide bonds. The third-order valence-electron chi connectivity index (χ3n) is 10.1. The van der Waals surface area contributed by atoms with Gasteiger partial charge in [-0.15, -0.1) is 0 Å². The minimum Gasteiger partial charge on any atom is -0.278 e. The van der Waals surface area contributed by atoms with E-state index in [2.05, 4.69) is 180 Å². The van der Waals surface area contributed by atoms with Gasteiger partial charge in [0.1, 0.15) is 5.41 Å². The Kier molecular flexibility index (Phi) is 6.36. The predicted octanol–water partition coefficient (Wildman–Crippen LogP) is 10.7. The second-order valence-corrected chi connectivity index (χ2v) is 12.8. The van der Waals surface area contributed by atoms with Crippen LogP contribution in [0.5, 0.6) is 0 Å². The first kappa shape index (κ1) is 28.4. The normalized spacial score (nSPS) is 13.0. The van der Waals surface area contributed by atoms with E-state index in [-0.39, 0.29) is 0 Å². The second-order valence-electron chi connectivity index (χ2n) is 12.8. The lowest BCUT2D eigenvalue weighted by Gasteiger charge is -2.32. The summed E-state index contributed by atoms with van der Waals surface area (Å²) in [6.07, 6.45) is 0. The summed E-state index contributed by atoms with van der Waals surface area (Å²) in [6, 6.07) is 64.1. The monoisotopic (exact) mass is 638 g/mol. The van der Waals surface area contributed by atoms with Gasteiger partial charge in [-0.2, -0.15) is 9.97 Å². The van der Waals surface area contributed by atoms with Gasteiger partial charge in [0.15, 0.2) is 11.6 Å². The Morgan fingerprint density at radius 3 is 1.58 bits per heavy atom. The highest BCUT2D eigenvalue weighted by Crippen LogP contribution is 2.55. The highest BCUT2D eigenvalue weighted by atomic mass is 15.2. The van der Waals surface area contributed by atoms with Gasteiger partial charge in [-0.3, -0.25) is 4.57 Å². The van der Waals surface area contributed by atoms with Gasteiger partial charge >= 0.3 is 0 Å². The molecule has 0 spiro atoms. The number of benzene rings is 7. The van der Waals surface area contributed by atoms with Crippen LogP contribution in [0.15, 0.2) is 182 Å². The minimum atomic E-state index is -0.781. The van der Waals surface area contributed by atoms with Crippen molar-refractivity contribution in [1.82, 2.24) is 19.5 Å². The quantitative estimate of drug-likeness (QED) is 0.188. The highest BCUT2D eigenvalue weighted by Gasteiger charge is 2.48. The molecule has 0 saturated carbocycles. The Morgan fingerprint density at radius 2 is 0.920 bits per heavy atom. The van der Waals surface area contributed by atoms with Crippen LogP contribution in [0.2, 0.25) is 0 Å². The van der Waals surface area contributed by atoms with E-state index in [0.717, 1.165) is 55.2 Å². The van der Waals surface area contributed by atoms with E-state index in [4.69, 9.17) is 15.0 Å². The Labute approximate surface area is 290 Å². The average Bonchev–Trinajstić information content (AvgIpc) is 3.70. The minimum absolute atomic E-state index is 0.588. The first-order valence-electron chi connectivity index (χ1n) is 17.0. The molecule has 0 N–H and O–H groups in total. The summed E-state index contributed by atoms with van der Waals surface area (Å²) in [4.78, 5) is 16.4. The summed E-state index contributed by atoms with van der Waals surface area (Å²) in [6.45, 7) is 0. The SMILES string of the molecule is c1ccc(-c2cccc(-c3nc(-n4c5ccccc5c5ccccc54)nc(C4(c5ccccc5)c5ccccc5-c5ccccc54)n3)c2)cc1. The number of hydrogen-bond donors (Lipinski definition) is 0. The molecule has 9 aromatic rings. The molecule has 2 heterocycles. The molecule has 2 aromatic heterocycles. The van der Waals surface area contributed by atoms with Crippen molar-refractivity contribution in [3.8, 4) is 39.6 Å². The maximum atomic E-state index is 5.55. The molecule has 10 rings (SSSR count). The van der Waals surface area contributed by atoms with Gasteiger partial charge in [-0.25, -0.2) is 4.98 Å². The molecule has 0 bridgehead atoms. The predicted molar refractivity (Wildman–Crippen MR) is 202 cm³/mol. The van der Waals surface area contributed by atoms with E-state index < -0.39 is 5.41 Å². The molecular weight excluding hydrogens is 609 g/mol. The molecule has 0 aliphatic heterocycles. The lowest BCUT2D eigenvalue weighted by Crippen LogP contribution is -2.32. The average molecular weight is 639 g/mol. The maximum absolute atomic E-state index is 5.55. The van der Waals surface area contributed by atoms with Crippen LogP contribution in [-0.2, 0) is 5.41 Å². The standard InChI is InChI=1S/C46H30N4/c1-3-16-31(17-4-1)32-18-15-19-33(30-32)43-47-44(49-45(48-43)50-41-28-13-9-24-37(41)38-25-10-14-29-42(38)50)46(34-20-5-2-6-21-34)39-26-11-7-22-35(39)36-23-8-12-27-40(36)46/h1-30H. The third kappa shape index (κ3) is 4.15. The highest BCUT2D eigenvalue weighted by molar-refractivity contribution is 6.09. The van der Waals surface area contributed by atoms with E-state index >= 15 is 0 Å². The fourth-order valence-electron chi connectivity index (χ4n) is 7.97. The Bertz CT molecular complexity index is 2610. The maximum Gasteiger partial charge on any atom is 0.238 e. The first-order chi connectivity index (χ1) is 24.8. The summed E-state index contributed by atoms with van der Waals surface area (Å²) in [7, 11) is 0. The fraction of sp³-hybridized carbons (Fsp3) is 0.0217. The van der Waals surface area contributed by atoms with Crippen LogP contribution in [0.1, 0.15) is 22.5 Å². The lowest BCUT2D eigenvalue weighted by molar-refractivity contribution is 0.683. The van der Waals surface area contributed by atoms with Gasteiger partial charge in [0.05, 0.1) is 11.0 Å². The Hall–Kier alpha value is -6.65. The lowest BCUT2D eigenvalue weighted by atomic mass is 9.71. The van der Waals surface area contributed by atoms with Gasteiger partial charge in [0.2, 0.25) is 5.95 Å². The summed E-state index contributed by atoms with van der Waals surface area (Å²) in [5.74, 6) is 1.90. The van der Waals surface area contributed by atoms with Crippen molar-refractivity contribution >= 4 is 21.8 Å². The molecular formula is C46H30N4. The number of hydrogen-bond acceptors (Lipinski definition) is 3. The molecule has 1 aliphatic rings. The number of para-hydroxylation sites is 2. The van der Waals surface area contributed by atoms with Crippen molar-refractivity contribution in [3.05, 3.63) is 205 Å². The van der Waals surface area contributed by atoms with Crippen molar-refractivity contribution in [1.29, 1.82) is 0 Å². The van der Waals surface area contributed by atoms with E-state index in [1.54, 1.807) is 0 Å². The van der Waals surface area contributed by atoms with Gasteiger partial charge in [-0.05, 0) is 57.1 Å². The van der Waals surface area contributed by atoms with Gasteiger partial charge in [0, 0.05) is 16.3 Å². The smallest absolute Gasteiger partial charge is 0.238 e. The molecule has 7 aromatic carbocycles. The van der Waals surface area contributed by atoms with Crippen LogP contribution in [-0.4, -0.2) is 19.5 Å². The molecule has 50 heavy (non-hydrogen) atoms. The molecule has 0 atom stereocenters. The topological polar surface area (TPSA) is 43.6 Å². The molecule has 0 saturated heterocycles. The van der Waals surface area contributed by atoms with E-state index in [1.807, 2.05) is 6.07 Å². The number of fused-ring (bicyclic) bond motifs is 6. The van der Waals surface area contributed by atoms with Gasteiger partial charge in [0.25, 0.3) is 0 Å². The molecule has 4 heteroatoms. The molecule has 0 fully saturated rings. The largest absolute Gasteiger partial charge is 0.278 e. The number of nitrogens with zero attached hydrogens (tertiary/aromatic N) is 4. The van der Waals surface area contributed by atoms with Crippen molar-refractivity contribution in [2.75, 3.05) is 0 Å². The van der Waals surface area contributed by atoms with Crippen LogP contribution in [0.4, 0.5) is 0 Å². The number of aromatic nitrogens is 4. The molecule has 234 valence electrons. The van der Waals surface area contributed by atoms with Crippen LogP contribution in [0.3, 0.4) is 0 Å². The van der Waals surface area contributed by atoms with E-state index in [0.29, 0.717) is 17.6 Å². The van der Waals surface area contributed by atoms with Crippen molar-refractivity contribution in [2.24, 2.45) is 0 Å².